The number of fused-ring (bicyclic) bond motifs is 1. The molecular formula is C15H18N8. The smallest absolute Gasteiger partial charge is 0.184 e. The highest BCUT2D eigenvalue weighted by molar-refractivity contribution is 5.82. The van der Waals surface area contributed by atoms with E-state index in [9.17, 15) is 0 Å². The summed E-state index contributed by atoms with van der Waals surface area (Å²) in [6.45, 7) is 4.48. The average Bonchev–Trinajstić information content (AvgIpc) is 3.00. The van der Waals surface area contributed by atoms with Crippen molar-refractivity contribution in [2.24, 2.45) is 0 Å². The molecule has 0 radical (unpaired) electrons. The fraction of sp³-hybridized carbons (Fsp3) is 0.400. The molecule has 0 amide bonds. The van der Waals surface area contributed by atoms with Gasteiger partial charge in [0.15, 0.2) is 17.0 Å². The third kappa shape index (κ3) is 2.72. The first-order chi connectivity index (χ1) is 11.3. The van der Waals surface area contributed by atoms with E-state index in [4.69, 9.17) is 0 Å². The zero-order valence-electron chi connectivity index (χ0n) is 13.0. The van der Waals surface area contributed by atoms with Crippen molar-refractivity contribution in [2.45, 2.75) is 6.54 Å². The summed E-state index contributed by atoms with van der Waals surface area (Å²) in [5.74, 6) is 0.871. The van der Waals surface area contributed by atoms with Gasteiger partial charge in [0.2, 0.25) is 0 Å². The molecule has 8 nitrogen and oxygen atoms in total. The van der Waals surface area contributed by atoms with Crippen LogP contribution in [0.25, 0.3) is 11.2 Å². The predicted octanol–water partition coefficient (Wildman–Crippen LogP) is 0.416. The van der Waals surface area contributed by atoms with Gasteiger partial charge in [0.05, 0.1) is 12.2 Å². The van der Waals surface area contributed by atoms with Crippen LogP contribution in [0.5, 0.6) is 0 Å². The Labute approximate surface area is 133 Å². The SMILES string of the molecule is CN1CCN(c2ncnc3c2nnn3Cc2ccccn2)CC1. The molecular weight excluding hydrogens is 292 g/mol. The lowest BCUT2D eigenvalue weighted by atomic mass is 10.3. The maximum absolute atomic E-state index is 4.44. The molecule has 0 spiro atoms. The summed E-state index contributed by atoms with van der Waals surface area (Å²) in [5.41, 5.74) is 2.44. The van der Waals surface area contributed by atoms with Crippen LogP contribution in [0.4, 0.5) is 5.82 Å². The number of hydrogen-bond donors (Lipinski definition) is 0. The van der Waals surface area contributed by atoms with E-state index in [1.165, 1.54) is 0 Å². The number of aromatic nitrogens is 6. The van der Waals surface area contributed by atoms with Gasteiger partial charge in [0.25, 0.3) is 0 Å². The molecule has 1 saturated heterocycles. The van der Waals surface area contributed by atoms with E-state index in [-0.39, 0.29) is 0 Å². The Morgan fingerprint density at radius 3 is 2.70 bits per heavy atom. The van der Waals surface area contributed by atoms with E-state index in [1.807, 2.05) is 18.2 Å². The Bertz CT molecular complexity index is 792. The van der Waals surface area contributed by atoms with Gasteiger partial charge < -0.3 is 9.80 Å². The van der Waals surface area contributed by atoms with E-state index in [0.717, 1.165) is 48.9 Å². The van der Waals surface area contributed by atoms with Crippen molar-refractivity contribution in [3.05, 3.63) is 36.4 Å². The molecule has 1 fully saturated rings. The zero-order chi connectivity index (χ0) is 15.6. The molecule has 3 aromatic heterocycles. The van der Waals surface area contributed by atoms with E-state index < -0.39 is 0 Å². The van der Waals surface area contributed by atoms with E-state index in [0.29, 0.717) is 6.54 Å². The van der Waals surface area contributed by atoms with Gasteiger partial charge in [0.1, 0.15) is 6.33 Å². The van der Waals surface area contributed by atoms with Gasteiger partial charge in [-0.25, -0.2) is 14.6 Å². The number of nitrogens with zero attached hydrogens (tertiary/aromatic N) is 8. The summed E-state index contributed by atoms with van der Waals surface area (Å²) in [6, 6.07) is 5.83. The molecule has 4 heterocycles. The molecule has 23 heavy (non-hydrogen) atoms. The van der Waals surface area contributed by atoms with Crippen LogP contribution in [0.1, 0.15) is 5.69 Å². The number of rotatable bonds is 3. The van der Waals surface area contributed by atoms with Gasteiger partial charge in [-0.05, 0) is 19.2 Å². The number of anilines is 1. The van der Waals surface area contributed by atoms with Crippen molar-refractivity contribution in [2.75, 3.05) is 38.1 Å². The normalized spacial score (nSPS) is 16.1. The fourth-order valence-electron chi connectivity index (χ4n) is 2.78. The maximum atomic E-state index is 4.44. The van der Waals surface area contributed by atoms with Crippen LogP contribution in [0.2, 0.25) is 0 Å². The lowest BCUT2D eigenvalue weighted by molar-refractivity contribution is 0.312. The lowest BCUT2D eigenvalue weighted by Crippen LogP contribution is -2.44. The van der Waals surface area contributed by atoms with Crippen molar-refractivity contribution in [3.63, 3.8) is 0 Å². The van der Waals surface area contributed by atoms with Crippen molar-refractivity contribution in [3.8, 4) is 0 Å². The third-order valence-corrected chi connectivity index (χ3v) is 4.12. The number of piperazine rings is 1. The third-order valence-electron chi connectivity index (χ3n) is 4.12. The Morgan fingerprint density at radius 2 is 1.91 bits per heavy atom. The molecule has 0 aromatic carbocycles. The van der Waals surface area contributed by atoms with Crippen molar-refractivity contribution >= 4 is 17.0 Å². The van der Waals surface area contributed by atoms with Crippen LogP contribution in [-0.4, -0.2) is 68.1 Å². The van der Waals surface area contributed by atoms with E-state index in [2.05, 4.69) is 42.1 Å². The monoisotopic (exact) mass is 310 g/mol. The maximum Gasteiger partial charge on any atom is 0.184 e. The Hall–Kier alpha value is -2.61. The van der Waals surface area contributed by atoms with Gasteiger partial charge in [-0.3, -0.25) is 4.98 Å². The largest absolute Gasteiger partial charge is 0.352 e. The first-order valence-electron chi connectivity index (χ1n) is 7.69. The summed E-state index contributed by atoms with van der Waals surface area (Å²) in [4.78, 5) is 17.7. The second-order valence-corrected chi connectivity index (χ2v) is 5.73. The molecule has 4 rings (SSSR count). The second-order valence-electron chi connectivity index (χ2n) is 5.73. The quantitative estimate of drug-likeness (QED) is 0.694. The second kappa shape index (κ2) is 5.88. The molecule has 0 unspecified atom stereocenters. The average molecular weight is 310 g/mol. The minimum Gasteiger partial charge on any atom is -0.352 e. The summed E-state index contributed by atoms with van der Waals surface area (Å²) < 4.78 is 1.78. The number of pyridine rings is 1. The highest BCUT2D eigenvalue weighted by Crippen LogP contribution is 2.21. The Kier molecular flexibility index (Phi) is 3.58. The van der Waals surface area contributed by atoms with Crippen LogP contribution in [0, 0.1) is 0 Å². The molecule has 0 N–H and O–H groups in total. The number of likely N-dealkylation sites (N-methyl/N-ethyl adjacent to an activating group) is 1. The first kappa shape index (κ1) is 14.0. The molecule has 1 aliphatic rings. The van der Waals surface area contributed by atoms with Crippen LogP contribution in [0.15, 0.2) is 30.7 Å². The molecule has 1 aliphatic heterocycles. The first-order valence-corrected chi connectivity index (χ1v) is 7.69. The Balaban J connectivity index is 1.66. The van der Waals surface area contributed by atoms with Crippen LogP contribution >= 0.6 is 0 Å². The minimum atomic E-state index is 0.552. The Morgan fingerprint density at radius 1 is 1.04 bits per heavy atom. The lowest BCUT2D eigenvalue weighted by Gasteiger charge is -2.32. The van der Waals surface area contributed by atoms with Crippen molar-refractivity contribution < 1.29 is 0 Å². The van der Waals surface area contributed by atoms with Gasteiger partial charge in [-0.15, -0.1) is 5.10 Å². The topological polar surface area (TPSA) is 75.9 Å². The molecule has 0 aliphatic carbocycles. The van der Waals surface area contributed by atoms with E-state index >= 15 is 0 Å². The molecule has 3 aromatic rings. The van der Waals surface area contributed by atoms with Crippen molar-refractivity contribution in [1.82, 2.24) is 34.8 Å². The highest BCUT2D eigenvalue weighted by Gasteiger charge is 2.20. The van der Waals surface area contributed by atoms with E-state index in [1.54, 1.807) is 17.2 Å². The van der Waals surface area contributed by atoms with Crippen LogP contribution in [0.3, 0.4) is 0 Å². The van der Waals surface area contributed by atoms with Gasteiger partial charge in [-0.2, -0.15) is 0 Å². The molecule has 0 bridgehead atoms. The molecule has 0 atom stereocenters. The van der Waals surface area contributed by atoms with Gasteiger partial charge in [0, 0.05) is 32.4 Å². The number of hydrogen-bond acceptors (Lipinski definition) is 7. The predicted molar refractivity (Wildman–Crippen MR) is 86.2 cm³/mol. The standard InChI is InChI=1S/C15H18N8/c1-21-6-8-22(9-7-21)14-13-15(18-11-17-14)23(20-19-13)10-12-4-2-3-5-16-12/h2-5,11H,6-10H2,1H3. The van der Waals surface area contributed by atoms with Crippen LogP contribution < -0.4 is 4.90 Å². The molecule has 118 valence electrons. The van der Waals surface area contributed by atoms with Crippen molar-refractivity contribution in [1.29, 1.82) is 0 Å². The zero-order valence-corrected chi connectivity index (χ0v) is 13.0. The summed E-state index contributed by atoms with van der Waals surface area (Å²) >= 11 is 0. The minimum absolute atomic E-state index is 0.552. The highest BCUT2D eigenvalue weighted by atomic mass is 15.5. The summed E-state index contributed by atoms with van der Waals surface area (Å²) in [5, 5.41) is 8.56. The van der Waals surface area contributed by atoms with Gasteiger partial charge >= 0.3 is 0 Å². The summed E-state index contributed by atoms with van der Waals surface area (Å²) in [6.07, 6.45) is 3.37. The molecule has 0 saturated carbocycles. The summed E-state index contributed by atoms with van der Waals surface area (Å²) in [7, 11) is 2.13. The molecule has 8 heteroatoms. The van der Waals surface area contributed by atoms with Gasteiger partial charge in [-0.1, -0.05) is 11.3 Å². The van der Waals surface area contributed by atoms with Crippen LogP contribution in [-0.2, 0) is 6.54 Å². The fourth-order valence-corrected chi connectivity index (χ4v) is 2.78.